The van der Waals surface area contributed by atoms with E-state index in [2.05, 4.69) is 27.4 Å². The number of benzene rings is 2. The predicted octanol–water partition coefficient (Wildman–Crippen LogP) is 3.85. The number of ether oxygens (including phenoxy) is 2. The van der Waals surface area contributed by atoms with E-state index in [0.29, 0.717) is 41.1 Å². The first-order valence-corrected chi connectivity index (χ1v) is 8.83. The van der Waals surface area contributed by atoms with Crippen molar-refractivity contribution < 1.29 is 13.9 Å². The van der Waals surface area contributed by atoms with E-state index in [1.165, 1.54) is 13.2 Å². The van der Waals surface area contributed by atoms with E-state index in [1.54, 1.807) is 41.1 Å². The van der Waals surface area contributed by atoms with Crippen molar-refractivity contribution in [2.24, 2.45) is 0 Å². The molecule has 0 radical (unpaired) electrons. The highest BCUT2D eigenvalue weighted by Crippen LogP contribution is 2.34. The molecular formula is C19H19ClFN5O2. The van der Waals surface area contributed by atoms with Gasteiger partial charge in [0.25, 0.3) is 0 Å². The number of tetrazole rings is 1. The number of allylic oxidation sites excluding steroid dienone is 1. The number of hydrogen-bond donors (Lipinski definition) is 1. The van der Waals surface area contributed by atoms with Crippen molar-refractivity contribution >= 4 is 17.5 Å². The summed E-state index contributed by atoms with van der Waals surface area (Å²) in [6.45, 7) is 4.59. The zero-order valence-corrected chi connectivity index (χ0v) is 16.0. The third-order valence-electron chi connectivity index (χ3n) is 3.94. The summed E-state index contributed by atoms with van der Waals surface area (Å²) in [4.78, 5) is 0. The maximum absolute atomic E-state index is 13.8. The summed E-state index contributed by atoms with van der Waals surface area (Å²) in [5.41, 5.74) is 1.21. The van der Waals surface area contributed by atoms with Gasteiger partial charge in [-0.15, -0.1) is 6.58 Å². The fourth-order valence-corrected chi connectivity index (χ4v) is 2.73. The summed E-state index contributed by atoms with van der Waals surface area (Å²) in [6.07, 6.45) is 1.69. The molecule has 1 aromatic heterocycles. The van der Waals surface area contributed by atoms with Crippen LogP contribution in [0.2, 0.25) is 5.02 Å². The lowest BCUT2D eigenvalue weighted by molar-refractivity contribution is 0.279. The van der Waals surface area contributed by atoms with Crippen LogP contribution in [0, 0.1) is 5.82 Å². The van der Waals surface area contributed by atoms with Gasteiger partial charge in [0.15, 0.2) is 11.5 Å². The molecule has 146 valence electrons. The fourth-order valence-electron chi connectivity index (χ4n) is 2.51. The number of halogens is 2. The van der Waals surface area contributed by atoms with E-state index in [-0.39, 0.29) is 12.4 Å². The van der Waals surface area contributed by atoms with E-state index in [1.807, 2.05) is 0 Å². The van der Waals surface area contributed by atoms with Gasteiger partial charge < -0.3 is 14.8 Å². The van der Waals surface area contributed by atoms with Crippen molar-refractivity contribution in [2.75, 3.05) is 12.4 Å². The monoisotopic (exact) mass is 403 g/mol. The van der Waals surface area contributed by atoms with Gasteiger partial charge in [-0.2, -0.15) is 0 Å². The molecule has 0 bridgehead atoms. The Morgan fingerprint density at radius 3 is 2.82 bits per heavy atom. The largest absolute Gasteiger partial charge is 0.493 e. The smallest absolute Gasteiger partial charge is 0.243 e. The standard InChI is InChI=1S/C19H19ClFN5O2/c1-3-8-26-19(23-24-25-26)22-11-14-9-17(27-2)18(10-15(14)20)28-12-13-6-4-5-7-16(13)21/h3-7,9-10H,1,8,11-12H2,2H3,(H,22,23,25). The van der Waals surface area contributed by atoms with Gasteiger partial charge in [0.1, 0.15) is 12.4 Å². The Kier molecular flexibility index (Phi) is 6.44. The van der Waals surface area contributed by atoms with Crippen LogP contribution in [0.25, 0.3) is 0 Å². The van der Waals surface area contributed by atoms with Crippen molar-refractivity contribution in [2.45, 2.75) is 19.7 Å². The van der Waals surface area contributed by atoms with Gasteiger partial charge in [0, 0.05) is 23.2 Å². The number of aromatic nitrogens is 4. The summed E-state index contributed by atoms with van der Waals surface area (Å²) >= 11 is 6.39. The average Bonchev–Trinajstić information content (AvgIpc) is 3.14. The molecule has 1 heterocycles. The van der Waals surface area contributed by atoms with Gasteiger partial charge >= 0.3 is 0 Å². The number of anilines is 1. The molecule has 0 aliphatic rings. The van der Waals surface area contributed by atoms with Gasteiger partial charge in [0.2, 0.25) is 5.95 Å². The summed E-state index contributed by atoms with van der Waals surface area (Å²) < 4.78 is 26.5. The lowest BCUT2D eigenvalue weighted by Crippen LogP contribution is -2.09. The minimum absolute atomic E-state index is 0.0628. The number of nitrogens with one attached hydrogen (secondary N) is 1. The van der Waals surface area contributed by atoms with Gasteiger partial charge in [-0.25, -0.2) is 9.07 Å². The minimum Gasteiger partial charge on any atom is -0.493 e. The molecular weight excluding hydrogens is 385 g/mol. The highest BCUT2D eigenvalue weighted by molar-refractivity contribution is 6.31. The van der Waals surface area contributed by atoms with Crippen molar-refractivity contribution in [3.05, 3.63) is 71.0 Å². The Morgan fingerprint density at radius 1 is 1.25 bits per heavy atom. The van der Waals surface area contributed by atoms with Crippen LogP contribution in [0.15, 0.2) is 49.1 Å². The van der Waals surface area contributed by atoms with Gasteiger partial charge in [-0.3, -0.25) is 0 Å². The molecule has 0 fully saturated rings. The first-order chi connectivity index (χ1) is 13.6. The zero-order chi connectivity index (χ0) is 19.9. The van der Waals surface area contributed by atoms with Crippen LogP contribution in [0.5, 0.6) is 11.5 Å². The molecule has 0 atom stereocenters. The summed E-state index contributed by atoms with van der Waals surface area (Å²) in [6, 6.07) is 9.83. The van der Waals surface area contributed by atoms with E-state index in [4.69, 9.17) is 21.1 Å². The topological polar surface area (TPSA) is 74.1 Å². The second kappa shape index (κ2) is 9.18. The normalized spacial score (nSPS) is 10.5. The van der Waals surface area contributed by atoms with E-state index >= 15 is 0 Å². The number of hydrogen-bond acceptors (Lipinski definition) is 6. The number of methoxy groups -OCH3 is 1. The molecule has 3 rings (SSSR count). The molecule has 28 heavy (non-hydrogen) atoms. The summed E-state index contributed by atoms with van der Waals surface area (Å²) in [5, 5.41) is 15.0. The van der Waals surface area contributed by atoms with Crippen LogP contribution in [0.4, 0.5) is 10.3 Å². The van der Waals surface area contributed by atoms with Crippen LogP contribution in [0.3, 0.4) is 0 Å². The van der Waals surface area contributed by atoms with Crippen LogP contribution >= 0.6 is 11.6 Å². The second-order valence-corrected chi connectivity index (χ2v) is 6.21. The van der Waals surface area contributed by atoms with E-state index < -0.39 is 0 Å². The Bertz CT molecular complexity index is 963. The molecule has 0 saturated carbocycles. The SMILES string of the molecule is C=CCn1nnnc1NCc1cc(OC)c(OCc2ccccc2F)cc1Cl. The first kappa shape index (κ1) is 19.6. The molecule has 0 unspecified atom stereocenters. The van der Waals surface area contributed by atoms with E-state index in [9.17, 15) is 4.39 Å². The molecule has 7 nitrogen and oxygen atoms in total. The third kappa shape index (κ3) is 4.58. The Morgan fingerprint density at radius 2 is 2.07 bits per heavy atom. The lowest BCUT2D eigenvalue weighted by Gasteiger charge is -2.14. The molecule has 3 aromatic rings. The highest BCUT2D eigenvalue weighted by atomic mass is 35.5. The van der Waals surface area contributed by atoms with Crippen LogP contribution in [0.1, 0.15) is 11.1 Å². The van der Waals surface area contributed by atoms with Gasteiger partial charge in [-0.1, -0.05) is 41.0 Å². The molecule has 0 spiro atoms. The maximum atomic E-state index is 13.8. The van der Waals surface area contributed by atoms with Crippen molar-refractivity contribution in [3.8, 4) is 11.5 Å². The zero-order valence-electron chi connectivity index (χ0n) is 15.2. The highest BCUT2D eigenvalue weighted by Gasteiger charge is 2.13. The number of nitrogens with zero attached hydrogens (tertiary/aromatic N) is 4. The predicted molar refractivity (Wildman–Crippen MR) is 104 cm³/mol. The summed E-state index contributed by atoms with van der Waals surface area (Å²) in [5.74, 6) is 1.08. The Labute approximate surface area is 166 Å². The van der Waals surface area contributed by atoms with Crippen LogP contribution in [-0.4, -0.2) is 27.3 Å². The Hall–Kier alpha value is -3.13. The third-order valence-corrected chi connectivity index (χ3v) is 4.30. The molecule has 0 aliphatic heterocycles. The maximum Gasteiger partial charge on any atom is 0.243 e. The summed E-state index contributed by atoms with van der Waals surface area (Å²) in [7, 11) is 1.53. The molecule has 0 saturated heterocycles. The van der Waals surface area contributed by atoms with Crippen LogP contribution < -0.4 is 14.8 Å². The lowest BCUT2D eigenvalue weighted by atomic mass is 10.2. The molecule has 2 aromatic carbocycles. The van der Waals surface area contributed by atoms with E-state index in [0.717, 1.165) is 5.56 Å². The molecule has 0 aliphatic carbocycles. The van der Waals surface area contributed by atoms with Gasteiger partial charge in [-0.05, 0) is 28.1 Å². The van der Waals surface area contributed by atoms with Gasteiger partial charge in [0.05, 0.1) is 13.7 Å². The van der Waals surface area contributed by atoms with Crippen molar-refractivity contribution in [1.29, 1.82) is 0 Å². The minimum atomic E-state index is -0.328. The molecule has 0 amide bonds. The second-order valence-electron chi connectivity index (χ2n) is 5.80. The fraction of sp³-hybridized carbons (Fsp3) is 0.211. The quantitative estimate of drug-likeness (QED) is 0.547. The Balaban J connectivity index is 1.73. The average molecular weight is 404 g/mol. The molecule has 9 heteroatoms. The number of rotatable bonds is 9. The van der Waals surface area contributed by atoms with Crippen LogP contribution in [-0.2, 0) is 19.7 Å². The van der Waals surface area contributed by atoms with Crippen molar-refractivity contribution in [1.82, 2.24) is 20.2 Å². The van der Waals surface area contributed by atoms with Crippen molar-refractivity contribution in [3.63, 3.8) is 0 Å². The molecule has 1 N–H and O–H groups in total. The first-order valence-electron chi connectivity index (χ1n) is 8.46.